The Labute approximate surface area is 166 Å². The standard InChI is InChI=1S/C21H18N2O6/c24-9-13-4-6-14(7-5-13)10-29-18-3-1-2-15-16(18)8-23(21(15)27)17-11-28-12-19(25)22-20(17)26/h1-7,9,17H,8,10-12H2,(H,22,25,26)/t17-/m0/s1. The van der Waals surface area contributed by atoms with Gasteiger partial charge in [0.1, 0.15) is 31.3 Å². The molecule has 2 aliphatic heterocycles. The van der Waals surface area contributed by atoms with Crippen LogP contribution in [0.25, 0.3) is 0 Å². The summed E-state index contributed by atoms with van der Waals surface area (Å²) in [6.07, 6.45) is 0.774. The smallest absolute Gasteiger partial charge is 0.255 e. The van der Waals surface area contributed by atoms with Crippen LogP contribution in [-0.2, 0) is 27.5 Å². The molecule has 0 radical (unpaired) electrons. The molecule has 8 heteroatoms. The average Bonchev–Trinajstić information content (AvgIpc) is 2.96. The Balaban J connectivity index is 1.52. The van der Waals surface area contributed by atoms with Crippen LogP contribution in [0, 0.1) is 0 Å². The molecule has 1 N–H and O–H groups in total. The number of carbonyl (C=O) groups is 4. The molecule has 0 saturated carbocycles. The van der Waals surface area contributed by atoms with Gasteiger partial charge in [-0.3, -0.25) is 24.5 Å². The minimum atomic E-state index is -0.884. The first-order valence-electron chi connectivity index (χ1n) is 9.08. The third-order valence-electron chi connectivity index (χ3n) is 4.91. The van der Waals surface area contributed by atoms with Gasteiger partial charge in [-0.15, -0.1) is 0 Å². The molecule has 2 aromatic carbocycles. The lowest BCUT2D eigenvalue weighted by Crippen LogP contribution is -2.48. The number of aldehydes is 1. The van der Waals surface area contributed by atoms with Gasteiger partial charge in [-0.05, 0) is 17.7 Å². The van der Waals surface area contributed by atoms with Gasteiger partial charge in [-0.25, -0.2) is 0 Å². The monoisotopic (exact) mass is 394 g/mol. The fraction of sp³-hybridized carbons (Fsp3) is 0.238. The molecule has 29 heavy (non-hydrogen) atoms. The number of hydrogen-bond donors (Lipinski definition) is 1. The summed E-state index contributed by atoms with van der Waals surface area (Å²) in [6, 6.07) is 11.3. The van der Waals surface area contributed by atoms with Crippen LogP contribution in [0.1, 0.15) is 31.8 Å². The molecule has 0 aliphatic carbocycles. The van der Waals surface area contributed by atoms with E-state index in [1.807, 2.05) is 0 Å². The molecule has 2 aliphatic rings. The Kier molecular flexibility index (Phi) is 5.09. The van der Waals surface area contributed by atoms with Crippen molar-refractivity contribution in [3.63, 3.8) is 0 Å². The number of benzene rings is 2. The van der Waals surface area contributed by atoms with E-state index >= 15 is 0 Å². The molecular weight excluding hydrogens is 376 g/mol. The van der Waals surface area contributed by atoms with Crippen LogP contribution in [0.15, 0.2) is 42.5 Å². The predicted molar refractivity (Wildman–Crippen MR) is 100 cm³/mol. The quantitative estimate of drug-likeness (QED) is 0.601. The number of hydrogen-bond acceptors (Lipinski definition) is 6. The van der Waals surface area contributed by atoms with Crippen molar-refractivity contribution in [1.29, 1.82) is 0 Å². The number of amides is 3. The van der Waals surface area contributed by atoms with Crippen molar-refractivity contribution in [2.45, 2.75) is 19.2 Å². The van der Waals surface area contributed by atoms with E-state index in [1.165, 1.54) is 4.90 Å². The van der Waals surface area contributed by atoms with Gasteiger partial charge in [-0.1, -0.05) is 30.3 Å². The molecule has 0 aromatic heterocycles. The predicted octanol–water partition coefficient (Wildman–Crippen LogP) is 1.08. The number of nitrogens with zero attached hydrogens (tertiary/aromatic N) is 1. The largest absolute Gasteiger partial charge is 0.489 e. The highest BCUT2D eigenvalue weighted by Gasteiger charge is 2.39. The van der Waals surface area contributed by atoms with Gasteiger partial charge in [0.25, 0.3) is 17.7 Å². The molecule has 3 amide bonds. The van der Waals surface area contributed by atoms with Crippen molar-refractivity contribution in [3.8, 4) is 5.75 Å². The zero-order valence-corrected chi connectivity index (χ0v) is 15.4. The Hall–Kier alpha value is -3.52. The summed E-state index contributed by atoms with van der Waals surface area (Å²) >= 11 is 0. The van der Waals surface area contributed by atoms with Crippen molar-refractivity contribution in [2.24, 2.45) is 0 Å². The molecule has 0 bridgehead atoms. The van der Waals surface area contributed by atoms with Crippen LogP contribution in [0.2, 0.25) is 0 Å². The van der Waals surface area contributed by atoms with E-state index in [0.717, 1.165) is 11.8 Å². The highest BCUT2D eigenvalue weighted by molar-refractivity contribution is 6.04. The lowest BCUT2D eigenvalue weighted by atomic mass is 10.1. The second-order valence-electron chi connectivity index (χ2n) is 6.81. The maximum atomic E-state index is 12.8. The zero-order chi connectivity index (χ0) is 20.4. The lowest BCUT2D eigenvalue weighted by molar-refractivity contribution is -0.131. The molecule has 0 unspecified atom stereocenters. The van der Waals surface area contributed by atoms with Crippen molar-refractivity contribution in [3.05, 3.63) is 64.7 Å². The second kappa shape index (κ2) is 7.84. The third-order valence-corrected chi connectivity index (χ3v) is 4.91. The maximum Gasteiger partial charge on any atom is 0.255 e. The van der Waals surface area contributed by atoms with Crippen molar-refractivity contribution in [2.75, 3.05) is 13.2 Å². The highest BCUT2D eigenvalue weighted by Crippen LogP contribution is 2.33. The summed E-state index contributed by atoms with van der Waals surface area (Å²) in [4.78, 5) is 48.8. The van der Waals surface area contributed by atoms with E-state index in [2.05, 4.69) is 5.32 Å². The molecule has 2 aromatic rings. The topological polar surface area (TPSA) is 102 Å². The zero-order valence-electron chi connectivity index (χ0n) is 15.4. The summed E-state index contributed by atoms with van der Waals surface area (Å²) in [5.41, 5.74) is 2.61. The summed E-state index contributed by atoms with van der Waals surface area (Å²) in [5, 5.41) is 2.23. The molecule has 1 atom stereocenters. The Morgan fingerprint density at radius 3 is 2.69 bits per heavy atom. The number of fused-ring (bicyclic) bond motifs is 1. The van der Waals surface area contributed by atoms with E-state index in [-0.39, 0.29) is 32.3 Å². The summed E-state index contributed by atoms with van der Waals surface area (Å²) < 4.78 is 11.1. The summed E-state index contributed by atoms with van der Waals surface area (Å²) in [5.74, 6) is -0.833. The summed E-state index contributed by atoms with van der Waals surface area (Å²) in [7, 11) is 0. The molecule has 4 rings (SSSR count). The number of imide groups is 1. The van der Waals surface area contributed by atoms with Crippen molar-refractivity contribution < 1.29 is 28.7 Å². The van der Waals surface area contributed by atoms with Crippen molar-refractivity contribution in [1.82, 2.24) is 10.2 Å². The van der Waals surface area contributed by atoms with E-state index in [4.69, 9.17) is 9.47 Å². The molecule has 0 spiro atoms. The number of nitrogens with one attached hydrogen (secondary N) is 1. The van der Waals surface area contributed by atoms with Gasteiger partial charge >= 0.3 is 0 Å². The molecule has 2 heterocycles. The van der Waals surface area contributed by atoms with Crippen LogP contribution in [0.5, 0.6) is 5.75 Å². The van der Waals surface area contributed by atoms with Gasteiger partial charge in [0, 0.05) is 16.7 Å². The SMILES string of the molecule is O=Cc1ccc(COc2cccc3c2CN([C@H]2COCC(=O)NC2=O)C3=O)cc1. The Bertz CT molecular complexity index is 985. The van der Waals surface area contributed by atoms with Gasteiger partial charge < -0.3 is 14.4 Å². The van der Waals surface area contributed by atoms with Gasteiger partial charge in [0.05, 0.1) is 13.2 Å². The van der Waals surface area contributed by atoms with E-state index in [1.54, 1.807) is 42.5 Å². The molecule has 148 valence electrons. The van der Waals surface area contributed by atoms with E-state index in [9.17, 15) is 19.2 Å². The first-order valence-corrected chi connectivity index (χ1v) is 9.08. The molecule has 1 fully saturated rings. The van der Waals surface area contributed by atoms with E-state index < -0.39 is 17.9 Å². The van der Waals surface area contributed by atoms with Crippen LogP contribution < -0.4 is 10.1 Å². The van der Waals surface area contributed by atoms with Crippen molar-refractivity contribution >= 4 is 24.0 Å². The molecular formula is C21H18N2O6. The summed E-state index contributed by atoms with van der Waals surface area (Å²) in [6.45, 7) is 0.195. The minimum Gasteiger partial charge on any atom is -0.489 e. The van der Waals surface area contributed by atoms with Gasteiger partial charge in [0.2, 0.25) is 0 Å². The lowest BCUT2D eigenvalue weighted by Gasteiger charge is -2.24. The fourth-order valence-corrected chi connectivity index (χ4v) is 3.39. The highest BCUT2D eigenvalue weighted by atomic mass is 16.5. The van der Waals surface area contributed by atoms with Crippen LogP contribution >= 0.6 is 0 Å². The first kappa shape index (κ1) is 18.8. The number of ether oxygens (including phenoxy) is 2. The average molecular weight is 394 g/mol. The third kappa shape index (κ3) is 3.74. The molecule has 1 saturated heterocycles. The fourth-order valence-electron chi connectivity index (χ4n) is 3.39. The minimum absolute atomic E-state index is 0.0451. The first-order chi connectivity index (χ1) is 14.1. The normalized spacial score (nSPS) is 18.8. The van der Waals surface area contributed by atoms with Crippen LogP contribution in [0.3, 0.4) is 0 Å². The Morgan fingerprint density at radius 1 is 1.14 bits per heavy atom. The van der Waals surface area contributed by atoms with Crippen LogP contribution in [0.4, 0.5) is 0 Å². The maximum absolute atomic E-state index is 12.8. The van der Waals surface area contributed by atoms with Gasteiger partial charge in [0.15, 0.2) is 0 Å². The van der Waals surface area contributed by atoms with Gasteiger partial charge in [-0.2, -0.15) is 0 Å². The van der Waals surface area contributed by atoms with E-state index in [0.29, 0.717) is 22.4 Å². The second-order valence-corrected chi connectivity index (χ2v) is 6.81. The van der Waals surface area contributed by atoms with Crippen LogP contribution in [-0.4, -0.2) is 48.2 Å². The number of rotatable bonds is 5. The Morgan fingerprint density at radius 2 is 1.93 bits per heavy atom. The molecule has 8 nitrogen and oxygen atoms in total. The number of carbonyl (C=O) groups excluding carboxylic acids is 4.